The molecule has 9 nitrogen and oxygen atoms in total. The van der Waals surface area contributed by atoms with Crippen molar-refractivity contribution >= 4 is 34.5 Å². The lowest BCUT2D eigenvalue weighted by molar-refractivity contribution is 0.613. The number of fused-ring (bicyclic) bond motifs is 1. The van der Waals surface area contributed by atoms with Crippen molar-refractivity contribution in [2.24, 2.45) is 7.05 Å². The predicted octanol–water partition coefficient (Wildman–Crippen LogP) is 3.06. The zero-order chi connectivity index (χ0) is 22.1. The largest absolute Gasteiger partial charge is 0.330 e. The van der Waals surface area contributed by atoms with Crippen molar-refractivity contribution in [3.63, 3.8) is 0 Å². The molecular weight excluding hydrogens is 438 g/mol. The van der Waals surface area contributed by atoms with Crippen LogP contribution in [0.1, 0.15) is 31.2 Å². The van der Waals surface area contributed by atoms with Crippen LogP contribution >= 0.6 is 23.4 Å². The number of nitrogens with one attached hydrogen (secondary N) is 1. The molecule has 3 aromatic heterocycles. The van der Waals surface area contributed by atoms with E-state index in [1.54, 1.807) is 17.9 Å². The number of nitrogens with zero attached hydrogens (tertiary/aromatic N) is 6. The molecule has 0 aliphatic carbocycles. The first kappa shape index (κ1) is 21.4. The molecule has 0 bridgehead atoms. The summed E-state index contributed by atoms with van der Waals surface area (Å²) < 4.78 is 5.11. The van der Waals surface area contributed by atoms with Crippen molar-refractivity contribution in [3.8, 4) is 5.69 Å². The summed E-state index contributed by atoms with van der Waals surface area (Å²) >= 11 is 7.70. The third-order valence-corrected chi connectivity index (χ3v) is 6.47. The van der Waals surface area contributed by atoms with Gasteiger partial charge in [-0.05, 0) is 31.0 Å². The number of unbranched alkanes of at least 4 members (excludes halogenated alkanes) is 1. The van der Waals surface area contributed by atoms with Crippen LogP contribution in [0, 0.1) is 6.92 Å². The Morgan fingerprint density at radius 2 is 2.06 bits per heavy atom. The third-order valence-electron chi connectivity index (χ3n) is 5.12. The summed E-state index contributed by atoms with van der Waals surface area (Å²) in [4.78, 5) is 31.7. The van der Waals surface area contributed by atoms with Crippen LogP contribution in [-0.4, -0.2) is 33.9 Å². The first-order chi connectivity index (χ1) is 14.9. The minimum atomic E-state index is -0.434. The molecule has 0 radical (unpaired) electrons. The van der Waals surface area contributed by atoms with Crippen molar-refractivity contribution in [3.05, 3.63) is 61.8 Å². The quantitative estimate of drug-likeness (QED) is 0.426. The summed E-state index contributed by atoms with van der Waals surface area (Å²) in [6.07, 6.45) is 3.39. The maximum Gasteiger partial charge on any atom is 0.330 e. The number of aromatic amines is 1. The second-order valence-corrected chi connectivity index (χ2v) is 8.58. The van der Waals surface area contributed by atoms with Crippen molar-refractivity contribution in [1.82, 2.24) is 33.9 Å². The van der Waals surface area contributed by atoms with Gasteiger partial charge in [0.25, 0.3) is 5.56 Å². The fourth-order valence-electron chi connectivity index (χ4n) is 3.30. The van der Waals surface area contributed by atoms with Crippen molar-refractivity contribution < 1.29 is 0 Å². The normalized spacial score (nSPS) is 11.5. The van der Waals surface area contributed by atoms with Crippen molar-refractivity contribution in [2.75, 3.05) is 0 Å². The Labute approximate surface area is 187 Å². The van der Waals surface area contributed by atoms with Gasteiger partial charge in [0.05, 0.1) is 11.4 Å². The van der Waals surface area contributed by atoms with E-state index >= 15 is 0 Å². The highest BCUT2D eigenvalue weighted by molar-refractivity contribution is 7.98. The molecule has 1 N–H and O–H groups in total. The molecule has 3 heterocycles. The van der Waals surface area contributed by atoms with Crippen LogP contribution in [-0.2, 0) is 19.3 Å². The van der Waals surface area contributed by atoms with Gasteiger partial charge in [-0.25, -0.2) is 9.78 Å². The summed E-state index contributed by atoms with van der Waals surface area (Å²) in [5.74, 6) is 1.11. The molecule has 0 unspecified atom stereocenters. The van der Waals surface area contributed by atoms with E-state index in [1.165, 1.54) is 16.3 Å². The number of aryl methyl sites for hydroxylation is 3. The van der Waals surface area contributed by atoms with Crippen LogP contribution in [0.5, 0.6) is 0 Å². The molecule has 0 amide bonds. The number of benzene rings is 1. The van der Waals surface area contributed by atoms with E-state index in [0.717, 1.165) is 24.1 Å². The Morgan fingerprint density at radius 1 is 1.26 bits per heavy atom. The molecule has 0 fully saturated rings. The number of hydrogen-bond acceptors (Lipinski definition) is 6. The van der Waals surface area contributed by atoms with E-state index in [2.05, 4.69) is 20.2 Å². The van der Waals surface area contributed by atoms with Crippen LogP contribution in [0.3, 0.4) is 0 Å². The molecule has 162 valence electrons. The van der Waals surface area contributed by atoms with E-state index in [9.17, 15) is 9.59 Å². The molecule has 0 saturated heterocycles. The van der Waals surface area contributed by atoms with Crippen LogP contribution in [0.2, 0.25) is 5.02 Å². The van der Waals surface area contributed by atoms with Crippen LogP contribution < -0.4 is 11.2 Å². The minimum Gasteiger partial charge on any atom is -0.325 e. The Hall–Kier alpha value is -2.85. The van der Waals surface area contributed by atoms with E-state index < -0.39 is 11.2 Å². The molecule has 4 rings (SSSR count). The number of halogens is 1. The highest BCUT2D eigenvalue weighted by atomic mass is 35.5. The molecule has 31 heavy (non-hydrogen) atoms. The minimum absolute atomic E-state index is 0.387. The zero-order valence-corrected chi connectivity index (χ0v) is 19.0. The lowest BCUT2D eigenvalue weighted by Gasteiger charge is -2.08. The van der Waals surface area contributed by atoms with Gasteiger partial charge in [-0.15, -0.1) is 10.2 Å². The predicted molar refractivity (Wildman–Crippen MR) is 121 cm³/mol. The highest BCUT2D eigenvalue weighted by Gasteiger charge is 2.17. The molecule has 1 aromatic carbocycles. The smallest absolute Gasteiger partial charge is 0.325 e. The zero-order valence-electron chi connectivity index (χ0n) is 17.4. The van der Waals surface area contributed by atoms with Crippen LogP contribution in [0.4, 0.5) is 0 Å². The fourth-order valence-corrected chi connectivity index (χ4v) is 4.39. The molecule has 11 heteroatoms. The number of H-pyrrole nitrogens is 1. The van der Waals surface area contributed by atoms with Gasteiger partial charge in [0.1, 0.15) is 12.2 Å². The summed E-state index contributed by atoms with van der Waals surface area (Å²) in [6.45, 7) is 4.50. The Balaban J connectivity index is 1.66. The molecule has 0 aliphatic heterocycles. The lowest BCUT2D eigenvalue weighted by atomic mass is 10.2. The molecule has 0 saturated carbocycles. The summed E-state index contributed by atoms with van der Waals surface area (Å²) in [6, 6.07) is 5.76. The van der Waals surface area contributed by atoms with Crippen molar-refractivity contribution in [1.29, 1.82) is 0 Å². The van der Waals surface area contributed by atoms with Gasteiger partial charge in [-0.2, -0.15) is 0 Å². The summed E-state index contributed by atoms with van der Waals surface area (Å²) in [7, 11) is 1.78. The maximum absolute atomic E-state index is 12.4. The highest BCUT2D eigenvalue weighted by Crippen LogP contribution is 2.26. The van der Waals surface area contributed by atoms with Gasteiger partial charge in [-0.1, -0.05) is 42.8 Å². The van der Waals surface area contributed by atoms with Gasteiger partial charge >= 0.3 is 5.69 Å². The lowest BCUT2D eigenvalue weighted by Crippen LogP contribution is -2.31. The maximum atomic E-state index is 12.4. The van der Waals surface area contributed by atoms with Gasteiger partial charge in [0, 0.05) is 18.6 Å². The van der Waals surface area contributed by atoms with E-state index in [4.69, 9.17) is 11.6 Å². The van der Waals surface area contributed by atoms with E-state index in [1.807, 2.05) is 36.6 Å². The van der Waals surface area contributed by atoms with Gasteiger partial charge in [0.15, 0.2) is 16.3 Å². The van der Waals surface area contributed by atoms with E-state index in [0.29, 0.717) is 39.5 Å². The SMILES string of the molecule is CCCCn1c(=O)[nH]c(=O)c2c1nc(CSc1nncn1-c1ccc(C)c(Cl)c1)n2C. The molecule has 0 atom stereocenters. The monoisotopic (exact) mass is 459 g/mol. The van der Waals surface area contributed by atoms with Crippen LogP contribution in [0.15, 0.2) is 39.3 Å². The summed E-state index contributed by atoms with van der Waals surface area (Å²) in [5, 5.41) is 9.57. The average Bonchev–Trinajstić information content (AvgIpc) is 3.33. The second-order valence-electron chi connectivity index (χ2n) is 7.23. The van der Waals surface area contributed by atoms with Crippen molar-refractivity contribution in [2.45, 2.75) is 44.1 Å². The molecule has 4 aromatic rings. The van der Waals surface area contributed by atoms with E-state index in [-0.39, 0.29) is 0 Å². The third kappa shape index (κ3) is 4.05. The second kappa shape index (κ2) is 8.72. The molecule has 0 aliphatic rings. The molecule has 0 spiro atoms. The Bertz CT molecular complexity index is 1370. The fraction of sp³-hybridized carbons (Fsp3) is 0.350. The number of thioether (sulfide) groups is 1. The number of hydrogen-bond donors (Lipinski definition) is 1. The molecular formula is C20H22ClN7O2S. The van der Waals surface area contributed by atoms with Gasteiger partial charge in [-0.3, -0.25) is 18.9 Å². The first-order valence-corrected chi connectivity index (χ1v) is 11.2. The summed E-state index contributed by atoms with van der Waals surface area (Å²) in [5.41, 5.74) is 1.78. The van der Waals surface area contributed by atoms with Gasteiger partial charge < -0.3 is 4.57 Å². The van der Waals surface area contributed by atoms with Gasteiger partial charge in [0.2, 0.25) is 0 Å². The standard InChI is InChI=1S/C20H22ClN7O2S/c1-4-5-8-27-17-16(18(29)24-19(27)30)26(3)15(23-17)10-31-20-25-22-11-28(20)13-7-6-12(2)14(21)9-13/h6-7,9,11H,4-5,8,10H2,1-3H3,(H,24,29,30). The van der Waals surface area contributed by atoms with Crippen LogP contribution in [0.25, 0.3) is 16.9 Å². The average molecular weight is 460 g/mol. The topological polar surface area (TPSA) is 103 Å². The Morgan fingerprint density at radius 3 is 2.81 bits per heavy atom. The number of aromatic nitrogens is 7. The first-order valence-electron chi connectivity index (χ1n) is 9.88. The number of imidazole rings is 1. The number of rotatable bonds is 7. The Kier molecular flexibility index (Phi) is 6.01.